The first-order chi connectivity index (χ1) is 12.3. The van der Waals surface area contributed by atoms with Crippen molar-refractivity contribution in [2.24, 2.45) is 0 Å². The van der Waals surface area contributed by atoms with Crippen LogP contribution in [0.2, 0.25) is 0 Å². The number of carbonyl (C=O) groups excluding carboxylic acids is 1. The number of carbonyl (C=O) groups is 1. The highest BCUT2D eigenvalue weighted by atomic mass is 16.6. The molecule has 0 aliphatic carbocycles. The monoisotopic (exact) mass is 335 g/mol. The molecule has 0 radical (unpaired) electrons. The van der Waals surface area contributed by atoms with Crippen molar-refractivity contribution in [3.05, 3.63) is 72.3 Å². The van der Waals surface area contributed by atoms with Crippen molar-refractivity contribution in [1.29, 1.82) is 0 Å². The van der Waals surface area contributed by atoms with Crippen LogP contribution in [0.5, 0.6) is 11.5 Å². The summed E-state index contributed by atoms with van der Waals surface area (Å²) >= 11 is 0. The third-order valence-corrected chi connectivity index (χ3v) is 3.85. The lowest BCUT2D eigenvalue weighted by molar-refractivity contribution is 0.197. The van der Waals surface area contributed by atoms with Crippen LogP contribution in [0, 0.1) is 0 Å². The van der Waals surface area contributed by atoms with Crippen LogP contribution in [-0.4, -0.2) is 19.2 Å². The van der Waals surface area contributed by atoms with Crippen molar-refractivity contribution < 1.29 is 14.3 Å². The summed E-state index contributed by atoms with van der Waals surface area (Å²) in [6.07, 6.45) is 0.264. The van der Waals surface area contributed by atoms with Gasteiger partial charge in [0, 0.05) is 6.54 Å². The molecule has 0 bridgehead atoms. The van der Waals surface area contributed by atoms with E-state index in [9.17, 15) is 4.79 Å². The highest BCUT2D eigenvalue weighted by molar-refractivity contribution is 5.83. The second-order valence-electron chi connectivity index (χ2n) is 5.63. The Morgan fingerprint density at radius 3 is 2.44 bits per heavy atom. The van der Waals surface area contributed by atoms with Gasteiger partial charge >= 0.3 is 6.09 Å². The molecule has 4 nitrogen and oxygen atoms in total. The molecule has 0 spiro atoms. The third-order valence-electron chi connectivity index (χ3n) is 3.85. The summed E-state index contributed by atoms with van der Waals surface area (Å²) in [5, 5.41) is 5.20. The maximum absolute atomic E-state index is 12.0. The minimum absolute atomic E-state index is 0.424. The van der Waals surface area contributed by atoms with Crippen LogP contribution in [0.4, 0.5) is 4.79 Å². The Labute approximate surface area is 147 Å². The highest BCUT2D eigenvalue weighted by Gasteiger charge is 2.09. The lowest BCUT2D eigenvalue weighted by atomic mass is 10.1. The van der Waals surface area contributed by atoms with Crippen molar-refractivity contribution in [3.63, 3.8) is 0 Å². The second-order valence-corrected chi connectivity index (χ2v) is 5.63. The van der Waals surface area contributed by atoms with E-state index in [1.54, 1.807) is 18.2 Å². The second kappa shape index (κ2) is 8.20. The summed E-state index contributed by atoms with van der Waals surface area (Å²) in [5.74, 6) is 0.988. The van der Waals surface area contributed by atoms with Crippen molar-refractivity contribution in [1.82, 2.24) is 5.32 Å². The van der Waals surface area contributed by atoms with E-state index in [4.69, 9.17) is 9.47 Å². The van der Waals surface area contributed by atoms with E-state index in [1.807, 2.05) is 25.1 Å². The molecule has 3 aromatic rings. The molecular formula is C21H21NO3. The maximum atomic E-state index is 12.0. The van der Waals surface area contributed by atoms with Crippen LogP contribution in [-0.2, 0) is 6.42 Å². The van der Waals surface area contributed by atoms with Crippen LogP contribution in [0.25, 0.3) is 10.8 Å². The van der Waals surface area contributed by atoms with Gasteiger partial charge in [-0.2, -0.15) is 0 Å². The molecule has 25 heavy (non-hydrogen) atoms. The Hall–Kier alpha value is -3.01. The molecule has 0 fully saturated rings. The van der Waals surface area contributed by atoms with E-state index >= 15 is 0 Å². The molecule has 4 heteroatoms. The van der Waals surface area contributed by atoms with Gasteiger partial charge in [-0.25, -0.2) is 4.79 Å². The van der Waals surface area contributed by atoms with E-state index in [0.29, 0.717) is 24.7 Å². The lowest BCUT2D eigenvalue weighted by Crippen LogP contribution is -2.28. The molecular weight excluding hydrogens is 314 g/mol. The van der Waals surface area contributed by atoms with Crippen LogP contribution in [0.1, 0.15) is 12.5 Å². The summed E-state index contributed by atoms with van der Waals surface area (Å²) in [6, 6.07) is 21.7. The maximum Gasteiger partial charge on any atom is 0.412 e. The molecule has 0 unspecified atom stereocenters. The molecule has 3 aromatic carbocycles. The van der Waals surface area contributed by atoms with E-state index in [2.05, 4.69) is 35.6 Å². The van der Waals surface area contributed by atoms with Gasteiger partial charge in [0.05, 0.1) is 6.61 Å². The van der Waals surface area contributed by atoms with E-state index in [0.717, 1.165) is 6.42 Å². The Morgan fingerprint density at radius 1 is 0.920 bits per heavy atom. The molecule has 0 heterocycles. The molecule has 0 atom stereocenters. The fourth-order valence-electron chi connectivity index (χ4n) is 2.65. The molecule has 0 aliphatic heterocycles. The summed E-state index contributed by atoms with van der Waals surface area (Å²) in [6.45, 7) is 2.92. The van der Waals surface area contributed by atoms with Gasteiger partial charge in [0.2, 0.25) is 0 Å². The zero-order valence-corrected chi connectivity index (χ0v) is 14.2. The number of fused-ring (bicyclic) bond motifs is 1. The molecule has 3 rings (SSSR count). The summed E-state index contributed by atoms with van der Waals surface area (Å²) in [4.78, 5) is 12.0. The standard InChI is InChI=1S/C21H21NO3/c1-2-24-19-9-5-6-10-20(19)25-21(23)22-14-13-16-11-12-17-7-3-4-8-18(17)15-16/h3-12,15H,2,13-14H2,1H3,(H,22,23). The van der Waals surface area contributed by atoms with Gasteiger partial charge in [0.1, 0.15) is 0 Å². The number of ether oxygens (including phenoxy) is 2. The van der Waals surface area contributed by atoms with E-state index in [-0.39, 0.29) is 0 Å². The zero-order chi connectivity index (χ0) is 17.5. The van der Waals surface area contributed by atoms with Gasteiger partial charge < -0.3 is 14.8 Å². The topological polar surface area (TPSA) is 47.6 Å². The fraction of sp³-hybridized carbons (Fsp3) is 0.190. The van der Waals surface area contributed by atoms with Gasteiger partial charge in [-0.3, -0.25) is 0 Å². The Balaban J connectivity index is 1.53. The largest absolute Gasteiger partial charge is 0.490 e. The van der Waals surface area contributed by atoms with Crippen LogP contribution in [0.3, 0.4) is 0 Å². The minimum Gasteiger partial charge on any atom is -0.490 e. The van der Waals surface area contributed by atoms with Crippen molar-refractivity contribution in [3.8, 4) is 11.5 Å². The van der Waals surface area contributed by atoms with Gasteiger partial charge in [-0.15, -0.1) is 0 Å². The third kappa shape index (κ3) is 4.51. The first kappa shape index (κ1) is 16.8. The number of rotatable bonds is 6. The number of hydrogen-bond donors (Lipinski definition) is 1. The number of nitrogens with one attached hydrogen (secondary N) is 1. The quantitative estimate of drug-likeness (QED) is 0.718. The number of hydrogen-bond acceptors (Lipinski definition) is 3. The Kier molecular flexibility index (Phi) is 5.52. The molecule has 1 amide bonds. The molecule has 0 aliphatic rings. The van der Waals surface area contributed by atoms with Crippen LogP contribution >= 0.6 is 0 Å². The summed E-state index contributed by atoms with van der Waals surface area (Å²) in [5.41, 5.74) is 1.17. The smallest absolute Gasteiger partial charge is 0.412 e. The summed E-state index contributed by atoms with van der Waals surface area (Å²) in [7, 11) is 0. The van der Waals surface area contributed by atoms with Gasteiger partial charge in [0.25, 0.3) is 0 Å². The lowest BCUT2D eigenvalue weighted by Gasteiger charge is -2.11. The fourth-order valence-corrected chi connectivity index (χ4v) is 2.65. The summed E-state index contributed by atoms with van der Waals surface area (Å²) < 4.78 is 10.8. The average Bonchev–Trinajstić information content (AvgIpc) is 2.63. The molecule has 1 N–H and O–H groups in total. The minimum atomic E-state index is -0.479. The first-order valence-electron chi connectivity index (χ1n) is 8.41. The molecule has 0 saturated heterocycles. The molecule has 128 valence electrons. The van der Waals surface area contributed by atoms with Crippen molar-refractivity contribution >= 4 is 16.9 Å². The number of amides is 1. The number of benzene rings is 3. The van der Waals surface area contributed by atoms with Gasteiger partial charge in [0.15, 0.2) is 11.5 Å². The highest BCUT2D eigenvalue weighted by Crippen LogP contribution is 2.26. The predicted molar refractivity (Wildman–Crippen MR) is 99.3 cm³/mol. The zero-order valence-electron chi connectivity index (χ0n) is 14.2. The van der Waals surface area contributed by atoms with E-state index < -0.39 is 6.09 Å². The first-order valence-corrected chi connectivity index (χ1v) is 8.41. The Morgan fingerprint density at radius 2 is 1.64 bits per heavy atom. The SMILES string of the molecule is CCOc1ccccc1OC(=O)NCCc1ccc2ccccc2c1. The van der Waals surface area contributed by atoms with E-state index in [1.165, 1.54) is 16.3 Å². The average molecular weight is 335 g/mol. The molecule has 0 saturated carbocycles. The molecule has 0 aromatic heterocycles. The predicted octanol–water partition coefficient (Wildman–Crippen LogP) is 4.57. The number of para-hydroxylation sites is 2. The van der Waals surface area contributed by atoms with Gasteiger partial charge in [-0.1, -0.05) is 54.6 Å². The van der Waals surface area contributed by atoms with Crippen molar-refractivity contribution in [2.45, 2.75) is 13.3 Å². The normalized spacial score (nSPS) is 10.4. The van der Waals surface area contributed by atoms with Crippen molar-refractivity contribution in [2.75, 3.05) is 13.2 Å². The van der Waals surface area contributed by atoms with Gasteiger partial charge in [-0.05, 0) is 41.8 Å². The Bertz CT molecular complexity index is 860. The van der Waals surface area contributed by atoms with Crippen LogP contribution < -0.4 is 14.8 Å². The van der Waals surface area contributed by atoms with Crippen LogP contribution in [0.15, 0.2) is 66.7 Å².